The third-order valence-corrected chi connectivity index (χ3v) is 6.00. The fourth-order valence-electron chi connectivity index (χ4n) is 2.75. The highest BCUT2D eigenvalue weighted by Gasteiger charge is 2.19. The van der Waals surface area contributed by atoms with Crippen molar-refractivity contribution in [2.45, 2.75) is 24.8 Å². The van der Waals surface area contributed by atoms with Gasteiger partial charge in [0.1, 0.15) is 0 Å². The maximum atomic E-state index is 12.3. The molecule has 0 atom stereocenters. The van der Waals surface area contributed by atoms with E-state index in [0.29, 0.717) is 5.56 Å². The lowest BCUT2D eigenvalue weighted by Crippen LogP contribution is -2.27. The minimum atomic E-state index is -0.0873. The third kappa shape index (κ3) is 4.86. The van der Waals surface area contributed by atoms with E-state index in [1.54, 1.807) is 18.3 Å². The van der Waals surface area contributed by atoms with Gasteiger partial charge in [-0.15, -0.1) is 0 Å². The summed E-state index contributed by atoms with van der Waals surface area (Å²) in [5, 5.41) is 3.60. The van der Waals surface area contributed by atoms with Crippen LogP contribution in [0.2, 0.25) is 0 Å². The Balaban J connectivity index is 1.51. The van der Waals surface area contributed by atoms with Crippen LogP contribution in [0.3, 0.4) is 0 Å². The van der Waals surface area contributed by atoms with Crippen molar-refractivity contribution in [3.05, 3.63) is 52.1 Å². The van der Waals surface area contributed by atoms with E-state index in [1.807, 2.05) is 30.0 Å². The van der Waals surface area contributed by atoms with Crippen LogP contribution in [-0.4, -0.2) is 40.5 Å². The summed E-state index contributed by atoms with van der Waals surface area (Å²) in [6, 6.07) is 9.27. The molecule has 2 aromatic rings. The van der Waals surface area contributed by atoms with Gasteiger partial charge in [-0.1, -0.05) is 27.7 Å². The molecule has 0 saturated carbocycles. The number of carbonyl (C=O) groups is 2. The molecule has 0 aliphatic carbocycles. The van der Waals surface area contributed by atoms with Crippen LogP contribution in [0.15, 0.2) is 46.0 Å². The Morgan fingerprint density at radius 2 is 2.00 bits per heavy atom. The first kappa shape index (κ1) is 18.9. The van der Waals surface area contributed by atoms with Gasteiger partial charge in [-0.2, -0.15) is 0 Å². The molecule has 1 aliphatic rings. The van der Waals surface area contributed by atoms with Gasteiger partial charge in [0, 0.05) is 29.4 Å². The standard InChI is InChI=1S/C19H20BrN3O2S/c1-13-10-15(5-6-16(13)20)22-17(24)12-26-18-7-4-14(11-21-18)19(25)23-8-2-3-9-23/h4-7,10-11H,2-3,8-9,12H2,1H3,(H,22,24). The van der Waals surface area contributed by atoms with Crippen molar-refractivity contribution in [2.75, 3.05) is 24.2 Å². The zero-order chi connectivity index (χ0) is 18.5. The SMILES string of the molecule is Cc1cc(NC(=O)CSc2ccc(C(=O)N3CCCC3)cn2)ccc1Br. The number of benzene rings is 1. The molecule has 5 nitrogen and oxygen atoms in total. The van der Waals surface area contributed by atoms with Crippen molar-refractivity contribution in [1.29, 1.82) is 0 Å². The molecule has 1 N–H and O–H groups in total. The number of aryl methyl sites for hydroxylation is 1. The number of nitrogens with one attached hydrogen (secondary N) is 1. The van der Waals surface area contributed by atoms with Gasteiger partial charge in [0.25, 0.3) is 5.91 Å². The van der Waals surface area contributed by atoms with E-state index >= 15 is 0 Å². The molecule has 26 heavy (non-hydrogen) atoms. The Kier molecular flexibility index (Phi) is 6.32. The molecule has 1 aromatic carbocycles. The summed E-state index contributed by atoms with van der Waals surface area (Å²) >= 11 is 4.79. The maximum Gasteiger partial charge on any atom is 0.255 e. The number of carbonyl (C=O) groups excluding carboxylic acids is 2. The molecule has 0 bridgehead atoms. The first-order valence-corrected chi connectivity index (χ1v) is 10.2. The van der Waals surface area contributed by atoms with E-state index in [2.05, 4.69) is 26.2 Å². The van der Waals surface area contributed by atoms with E-state index in [1.165, 1.54) is 11.8 Å². The molecule has 1 aromatic heterocycles. The number of anilines is 1. The zero-order valence-corrected chi connectivity index (χ0v) is 16.9. The Bertz CT molecular complexity index is 805. The molecule has 136 valence electrons. The number of halogens is 1. The normalized spacial score (nSPS) is 13.7. The largest absolute Gasteiger partial charge is 0.339 e. The Morgan fingerprint density at radius 3 is 2.65 bits per heavy atom. The molecule has 2 heterocycles. The predicted molar refractivity (Wildman–Crippen MR) is 108 cm³/mol. The number of likely N-dealkylation sites (tertiary alicyclic amines) is 1. The number of amides is 2. The minimum absolute atomic E-state index is 0.0369. The van der Waals surface area contributed by atoms with E-state index in [4.69, 9.17) is 0 Å². The van der Waals surface area contributed by atoms with Crippen LogP contribution in [0.4, 0.5) is 5.69 Å². The van der Waals surface area contributed by atoms with E-state index in [9.17, 15) is 9.59 Å². The number of thioether (sulfide) groups is 1. The summed E-state index contributed by atoms with van der Waals surface area (Å²) in [4.78, 5) is 30.6. The van der Waals surface area contributed by atoms with Crippen molar-refractivity contribution in [1.82, 2.24) is 9.88 Å². The Hall–Kier alpha value is -1.86. The van der Waals surface area contributed by atoms with Crippen molar-refractivity contribution < 1.29 is 9.59 Å². The van der Waals surface area contributed by atoms with Gasteiger partial charge in [0.15, 0.2) is 0 Å². The van der Waals surface area contributed by atoms with Crippen LogP contribution in [0.1, 0.15) is 28.8 Å². The van der Waals surface area contributed by atoms with E-state index in [0.717, 1.165) is 46.7 Å². The highest BCUT2D eigenvalue weighted by atomic mass is 79.9. The van der Waals surface area contributed by atoms with Crippen molar-refractivity contribution in [3.8, 4) is 0 Å². The molecule has 1 saturated heterocycles. The molecule has 0 spiro atoms. The van der Waals surface area contributed by atoms with Crippen LogP contribution in [0, 0.1) is 6.92 Å². The summed E-state index contributed by atoms with van der Waals surface area (Å²) in [7, 11) is 0. The summed E-state index contributed by atoms with van der Waals surface area (Å²) in [5.41, 5.74) is 2.44. The second-order valence-corrected chi connectivity index (χ2v) is 8.04. The molecular weight excluding hydrogens is 414 g/mol. The lowest BCUT2D eigenvalue weighted by atomic mass is 10.2. The topological polar surface area (TPSA) is 62.3 Å². The maximum absolute atomic E-state index is 12.3. The van der Waals surface area contributed by atoms with Crippen LogP contribution in [0.25, 0.3) is 0 Å². The fourth-order valence-corrected chi connectivity index (χ4v) is 3.64. The van der Waals surface area contributed by atoms with Crippen LogP contribution >= 0.6 is 27.7 Å². The highest BCUT2D eigenvalue weighted by Crippen LogP contribution is 2.21. The molecule has 7 heteroatoms. The zero-order valence-electron chi connectivity index (χ0n) is 14.5. The molecular formula is C19H20BrN3O2S. The number of hydrogen-bond donors (Lipinski definition) is 1. The summed E-state index contributed by atoms with van der Waals surface area (Å²) < 4.78 is 1.01. The van der Waals surface area contributed by atoms with Gasteiger partial charge in [-0.3, -0.25) is 9.59 Å². The van der Waals surface area contributed by atoms with Gasteiger partial charge in [-0.25, -0.2) is 4.98 Å². The van der Waals surface area contributed by atoms with Crippen LogP contribution < -0.4 is 5.32 Å². The number of aromatic nitrogens is 1. The Labute approximate surface area is 165 Å². The number of pyridine rings is 1. The van der Waals surface area contributed by atoms with Crippen molar-refractivity contribution in [2.24, 2.45) is 0 Å². The summed E-state index contributed by atoms with van der Waals surface area (Å²) in [5.74, 6) is 0.215. The monoisotopic (exact) mass is 433 g/mol. The lowest BCUT2D eigenvalue weighted by Gasteiger charge is -2.14. The van der Waals surface area contributed by atoms with Gasteiger partial charge in [0.2, 0.25) is 5.91 Å². The average molecular weight is 434 g/mol. The number of rotatable bonds is 5. The molecule has 0 radical (unpaired) electrons. The van der Waals surface area contributed by atoms with Gasteiger partial charge < -0.3 is 10.2 Å². The van der Waals surface area contributed by atoms with Gasteiger partial charge in [-0.05, 0) is 55.7 Å². The van der Waals surface area contributed by atoms with Crippen molar-refractivity contribution >= 4 is 45.2 Å². The Morgan fingerprint density at radius 1 is 1.23 bits per heavy atom. The first-order chi connectivity index (χ1) is 12.5. The third-order valence-electron chi connectivity index (χ3n) is 4.17. The molecule has 1 fully saturated rings. The van der Waals surface area contributed by atoms with Gasteiger partial charge >= 0.3 is 0 Å². The van der Waals surface area contributed by atoms with Gasteiger partial charge in [0.05, 0.1) is 16.3 Å². The van der Waals surface area contributed by atoms with Crippen LogP contribution in [0.5, 0.6) is 0 Å². The second kappa shape index (κ2) is 8.68. The average Bonchev–Trinajstić information content (AvgIpc) is 3.18. The first-order valence-electron chi connectivity index (χ1n) is 8.47. The van der Waals surface area contributed by atoms with Crippen molar-refractivity contribution in [3.63, 3.8) is 0 Å². The van der Waals surface area contributed by atoms with E-state index in [-0.39, 0.29) is 17.6 Å². The van der Waals surface area contributed by atoms with E-state index < -0.39 is 0 Å². The van der Waals surface area contributed by atoms with Crippen LogP contribution in [-0.2, 0) is 4.79 Å². The molecule has 2 amide bonds. The molecule has 0 unspecified atom stereocenters. The quantitative estimate of drug-likeness (QED) is 0.720. The molecule has 1 aliphatic heterocycles. The minimum Gasteiger partial charge on any atom is -0.339 e. The summed E-state index contributed by atoms with van der Waals surface area (Å²) in [6.07, 6.45) is 3.74. The molecule has 3 rings (SSSR count). The summed E-state index contributed by atoms with van der Waals surface area (Å²) in [6.45, 7) is 3.62. The fraction of sp³-hybridized carbons (Fsp3) is 0.316. The smallest absolute Gasteiger partial charge is 0.255 e. The second-order valence-electron chi connectivity index (χ2n) is 6.19. The number of nitrogens with zero attached hydrogens (tertiary/aromatic N) is 2. The highest BCUT2D eigenvalue weighted by molar-refractivity contribution is 9.10. The predicted octanol–water partition coefficient (Wildman–Crippen LogP) is 4.12. The number of hydrogen-bond acceptors (Lipinski definition) is 4. The lowest BCUT2D eigenvalue weighted by molar-refractivity contribution is -0.113.